The third-order valence-electron chi connectivity index (χ3n) is 11.8. The third kappa shape index (κ3) is 3.25. The summed E-state index contributed by atoms with van der Waals surface area (Å²) in [7, 11) is 0. The number of aliphatic hydroxyl groups is 2. The average Bonchev–Trinajstić information content (AvgIpc) is 2.96. The number of hydrogen-bond donors (Lipinski definition) is 2. The first-order valence-electron chi connectivity index (χ1n) is 13.5. The molecule has 0 aliphatic heterocycles. The van der Waals surface area contributed by atoms with Gasteiger partial charge >= 0.3 is 0 Å². The van der Waals surface area contributed by atoms with Gasteiger partial charge in [0, 0.05) is 10.8 Å². The molecule has 4 aliphatic rings. The van der Waals surface area contributed by atoms with Gasteiger partial charge in [0.05, 0.1) is 12.2 Å². The first-order valence-corrected chi connectivity index (χ1v) is 13.5. The molecule has 2 heteroatoms. The normalized spacial score (nSPS) is 48.2. The van der Waals surface area contributed by atoms with Gasteiger partial charge in [0.1, 0.15) is 0 Å². The van der Waals surface area contributed by atoms with Crippen molar-refractivity contribution in [3.05, 3.63) is 23.3 Å². The van der Waals surface area contributed by atoms with Gasteiger partial charge in [-0.2, -0.15) is 0 Å². The highest BCUT2D eigenvalue weighted by Gasteiger charge is 2.70. The van der Waals surface area contributed by atoms with Gasteiger partial charge in [-0.05, 0) is 99.7 Å². The van der Waals surface area contributed by atoms with Crippen molar-refractivity contribution >= 4 is 0 Å². The van der Waals surface area contributed by atoms with Gasteiger partial charge in [-0.25, -0.2) is 0 Å². The second kappa shape index (κ2) is 7.98. The molecule has 3 fully saturated rings. The largest absolute Gasteiger partial charge is 0.393 e. The zero-order chi connectivity index (χ0) is 23.7. The van der Waals surface area contributed by atoms with Crippen LogP contribution in [0.2, 0.25) is 0 Å². The van der Waals surface area contributed by atoms with Crippen LogP contribution in [0.5, 0.6) is 0 Å². The Bertz CT molecular complexity index is 789. The Balaban J connectivity index is 1.67. The molecule has 0 aromatic carbocycles. The SMILES string of the molecule is CC(C)=CCC[C@@H](C)[C@H]1CC[C@@]2(C)[C@@H]3CC=C4[C@@H](CC[C@H](O)C4(C)C)[C@]3(C)C(O)C[C@]12C. The Morgan fingerprint density at radius 2 is 1.72 bits per heavy atom. The van der Waals surface area contributed by atoms with E-state index in [1.165, 1.54) is 36.8 Å². The molecule has 0 heterocycles. The molecule has 32 heavy (non-hydrogen) atoms. The maximum absolute atomic E-state index is 11.9. The molecule has 9 atom stereocenters. The fourth-order valence-electron chi connectivity index (χ4n) is 9.50. The van der Waals surface area contributed by atoms with Crippen LogP contribution >= 0.6 is 0 Å². The molecular weight excluding hydrogens is 392 g/mol. The lowest BCUT2D eigenvalue weighted by Gasteiger charge is -2.67. The number of rotatable bonds is 4. The molecule has 4 rings (SSSR count). The summed E-state index contributed by atoms with van der Waals surface area (Å²) in [5.41, 5.74) is 3.10. The first-order chi connectivity index (χ1) is 14.8. The summed E-state index contributed by atoms with van der Waals surface area (Å²) in [6.45, 7) is 18.9. The van der Waals surface area contributed by atoms with E-state index in [1.54, 1.807) is 0 Å². The molecule has 0 saturated heterocycles. The molecule has 0 amide bonds. The molecule has 0 bridgehead atoms. The summed E-state index contributed by atoms with van der Waals surface area (Å²) in [6.07, 6.45) is 13.4. The summed E-state index contributed by atoms with van der Waals surface area (Å²) >= 11 is 0. The van der Waals surface area contributed by atoms with Gasteiger partial charge in [0.2, 0.25) is 0 Å². The van der Waals surface area contributed by atoms with Gasteiger partial charge in [0.15, 0.2) is 0 Å². The van der Waals surface area contributed by atoms with Crippen LogP contribution < -0.4 is 0 Å². The molecule has 1 unspecified atom stereocenters. The molecule has 182 valence electrons. The van der Waals surface area contributed by atoms with Crippen molar-refractivity contribution in [2.24, 2.45) is 45.3 Å². The predicted molar refractivity (Wildman–Crippen MR) is 134 cm³/mol. The lowest BCUT2D eigenvalue weighted by molar-refractivity contribution is -0.204. The van der Waals surface area contributed by atoms with Crippen molar-refractivity contribution in [3.63, 3.8) is 0 Å². The topological polar surface area (TPSA) is 40.5 Å². The van der Waals surface area contributed by atoms with Crippen molar-refractivity contribution in [1.29, 1.82) is 0 Å². The van der Waals surface area contributed by atoms with Crippen molar-refractivity contribution in [2.75, 3.05) is 0 Å². The molecule has 2 N–H and O–H groups in total. The van der Waals surface area contributed by atoms with E-state index in [1.807, 2.05) is 0 Å². The Morgan fingerprint density at radius 3 is 2.38 bits per heavy atom. The number of aliphatic hydroxyl groups excluding tert-OH is 2. The Labute approximate surface area is 198 Å². The quantitative estimate of drug-likeness (QED) is 0.448. The number of allylic oxidation sites excluding steroid dienone is 3. The second-order valence-electron chi connectivity index (χ2n) is 13.7. The van der Waals surface area contributed by atoms with Gasteiger partial charge in [-0.15, -0.1) is 0 Å². The summed E-state index contributed by atoms with van der Waals surface area (Å²) in [5.74, 6) is 2.34. The molecule has 4 aliphatic carbocycles. The van der Waals surface area contributed by atoms with Crippen LogP contribution in [-0.2, 0) is 0 Å². The molecule has 2 nitrogen and oxygen atoms in total. The van der Waals surface area contributed by atoms with Gasteiger partial charge in [-0.3, -0.25) is 0 Å². The zero-order valence-corrected chi connectivity index (χ0v) is 22.2. The van der Waals surface area contributed by atoms with Crippen molar-refractivity contribution in [1.82, 2.24) is 0 Å². The highest BCUT2D eigenvalue weighted by molar-refractivity contribution is 5.31. The molecule has 0 spiro atoms. The minimum absolute atomic E-state index is 0.0735. The average molecular weight is 443 g/mol. The number of fused-ring (bicyclic) bond motifs is 5. The van der Waals surface area contributed by atoms with E-state index in [4.69, 9.17) is 0 Å². The fraction of sp³-hybridized carbons (Fsp3) is 0.867. The van der Waals surface area contributed by atoms with Crippen LogP contribution in [-0.4, -0.2) is 22.4 Å². The van der Waals surface area contributed by atoms with Crippen LogP contribution in [0.4, 0.5) is 0 Å². The van der Waals surface area contributed by atoms with Crippen LogP contribution in [0.3, 0.4) is 0 Å². The first kappa shape index (κ1) is 24.5. The van der Waals surface area contributed by atoms with Gasteiger partial charge < -0.3 is 10.2 Å². The lowest BCUT2D eigenvalue weighted by Crippen LogP contribution is -2.64. The van der Waals surface area contributed by atoms with E-state index in [0.717, 1.165) is 25.7 Å². The van der Waals surface area contributed by atoms with E-state index < -0.39 is 0 Å². The van der Waals surface area contributed by atoms with Crippen LogP contribution in [0, 0.1) is 45.3 Å². The van der Waals surface area contributed by atoms with E-state index in [-0.39, 0.29) is 33.9 Å². The summed E-state index contributed by atoms with van der Waals surface area (Å²) in [6, 6.07) is 0. The monoisotopic (exact) mass is 442 g/mol. The smallest absolute Gasteiger partial charge is 0.0628 e. The fourth-order valence-corrected chi connectivity index (χ4v) is 9.50. The van der Waals surface area contributed by atoms with E-state index in [0.29, 0.717) is 23.7 Å². The molecule has 3 saturated carbocycles. The standard InChI is InChI=1S/C30H50O2/c1-19(2)10-9-11-20(3)21-16-17-28(6)24-14-12-22-23(13-15-25(31)27(22,4)5)30(24,8)26(32)18-29(21,28)7/h10,12,20-21,23-26,31-32H,9,11,13-18H2,1-8H3/t20-,21-,23-,24+,25+,26?,28+,29-,30+/m1/s1. The van der Waals surface area contributed by atoms with Crippen LogP contribution in [0.1, 0.15) is 107 Å². The minimum atomic E-state index is -0.260. The van der Waals surface area contributed by atoms with Crippen LogP contribution in [0.15, 0.2) is 23.3 Å². The third-order valence-corrected chi connectivity index (χ3v) is 11.8. The molecular formula is C30H50O2. The summed E-state index contributed by atoms with van der Waals surface area (Å²) < 4.78 is 0. The van der Waals surface area contributed by atoms with Crippen LogP contribution in [0.25, 0.3) is 0 Å². The molecule has 0 radical (unpaired) electrons. The Morgan fingerprint density at radius 1 is 1.03 bits per heavy atom. The highest BCUT2D eigenvalue weighted by atomic mass is 16.3. The van der Waals surface area contributed by atoms with Crippen molar-refractivity contribution in [2.45, 2.75) is 119 Å². The highest BCUT2D eigenvalue weighted by Crippen LogP contribution is 2.74. The maximum Gasteiger partial charge on any atom is 0.0628 e. The molecule has 0 aromatic rings. The predicted octanol–water partition coefficient (Wildman–Crippen LogP) is 7.31. The summed E-state index contributed by atoms with van der Waals surface area (Å²) in [4.78, 5) is 0. The van der Waals surface area contributed by atoms with E-state index >= 15 is 0 Å². The van der Waals surface area contributed by atoms with E-state index in [9.17, 15) is 10.2 Å². The zero-order valence-electron chi connectivity index (χ0n) is 22.2. The van der Waals surface area contributed by atoms with Gasteiger partial charge in [0.25, 0.3) is 0 Å². The molecule has 0 aromatic heterocycles. The summed E-state index contributed by atoms with van der Waals surface area (Å²) in [5, 5.41) is 22.7. The van der Waals surface area contributed by atoms with Crippen molar-refractivity contribution in [3.8, 4) is 0 Å². The van der Waals surface area contributed by atoms with Crippen molar-refractivity contribution < 1.29 is 10.2 Å². The number of hydrogen-bond acceptors (Lipinski definition) is 2. The van der Waals surface area contributed by atoms with E-state index in [2.05, 4.69) is 67.5 Å². The Hall–Kier alpha value is -0.600. The second-order valence-corrected chi connectivity index (χ2v) is 13.7. The van der Waals surface area contributed by atoms with Gasteiger partial charge in [-0.1, -0.05) is 64.8 Å². The Kier molecular flexibility index (Phi) is 6.11. The maximum atomic E-state index is 11.9. The minimum Gasteiger partial charge on any atom is -0.393 e. The lowest BCUT2D eigenvalue weighted by atomic mass is 9.38.